The van der Waals surface area contributed by atoms with Crippen LogP contribution in [0.3, 0.4) is 0 Å². The van der Waals surface area contributed by atoms with E-state index in [1.165, 1.54) is 4.31 Å². The molecule has 0 saturated heterocycles. The minimum atomic E-state index is -3.36. The van der Waals surface area contributed by atoms with Crippen LogP contribution < -0.4 is 5.32 Å². The van der Waals surface area contributed by atoms with Crippen LogP contribution in [0.4, 0.5) is 0 Å². The van der Waals surface area contributed by atoms with E-state index in [-0.39, 0.29) is 6.04 Å². The molecule has 0 heterocycles. The molecule has 1 fully saturated rings. The third-order valence-electron chi connectivity index (χ3n) is 3.94. The molecule has 1 aromatic carbocycles. The van der Waals surface area contributed by atoms with Crippen LogP contribution in [0.25, 0.3) is 0 Å². The van der Waals surface area contributed by atoms with Crippen molar-refractivity contribution in [1.29, 1.82) is 0 Å². The molecule has 1 aliphatic rings. The Balaban J connectivity index is 2.24. The van der Waals surface area contributed by atoms with E-state index in [4.69, 9.17) is 0 Å². The Kier molecular flexibility index (Phi) is 4.83. The highest BCUT2D eigenvalue weighted by atomic mass is 32.2. The molecule has 0 aliphatic heterocycles. The van der Waals surface area contributed by atoms with Crippen LogP contribution in [-0.4, -0.2) is 33.4 Å². The molecule has 20 heavy (non-hydrogen) atoms. The maximum absolute atomic E-state index is 12.6. The van der Waals surface area contributed by atoms with Gasteiger partial charge in [0.2, 0.25) is 10.0 Å². The Morgan fingerprint density at radius 2 is 2.10 bits per heavy atom. The number of benzene rings is 1. The summed E-state index contributed by atoms with van der Waals surface area (Å²) in [6.07, 6.45) is 3.23. The van der Waals surface area contributed by atoms with Gasteiger partial charge in [-0.25, -0.2) is 12.7 Å². The minimum Gasteiger partial charge on any atom is -0.313 e. The average molecular weight is 296 g/mol. The normalized spacial score (nSPS) is 17.4. The monoisotopic (exact) mass is 296 g/mol. The van der Waals surface area contributed by atoms with Crippen LogP contribution in [0.2, 0.25) is 0 Å². The number of nitrogens with one attached hydrogen (secondary N) is 1. The molecule has 1 aliphatic carbocycles. The first-order valence-electron chi connectivity index (χ1n) is 7.22. The molecule has 0 spiro atoms. The second-order valence-electron chi connectivity index (χ2n) is 5.55. The van der Waals surface area contributed by atoms with Crippen molar-refractivity contribution in [3.05, 3.63) is 29.8 Å². The van der Waals surface area contributed by atoms with Crippen molar-refractivity contribution in [3.8, 4) is 0 Å². The van der Waals surface area contributed by atoms with E-state index >= 15 is 0 Å². The van der Waals surface area contributed by atoms with Gasteiger partial charge in [0.25, 0.3) is 0 Å². The molecule has 0 aromatic heterocycles. The number of rotatable bonds is 7. The first-order valence-corrected chi connectivity index (χ1v) is 8.66. The summed E-state index contributed by atoms with van der Waals surface area (Å²) in [5.41, 5.74) is 1.02. The molecule has 1 atom stereocenters. The van der Waals surface area contributed by atoms with E-state index in [9.17, 15) is 8.42 Å². The lowest BCUT2D eigenvalue weighted by atomic mass is 10.1. The van der Waals surface area contributed by atoms with Gasteiger partial charge < -0.3 is 5.32 Å². The Hall–Kier alpha value is -0.910. The zero-order valence-electron chi connectivity index (χ0n) is 12.5. The molecule has 1 N–H and O–H groups in total. The Bertz CT molecular complexity index is 549. The highest BCUT2D eigenvalue weighted by Gasteiger charge is 2.29. The van der Waals surface area contributed by atoms with E-state index in [2.05, 4.69) is 12.2 Å². The Morgan fingerprint density at radius 1 is 1.40 bits per heavy atom. The average Bonchev–Trinajstić information content (AvgIpc) is 3.24. The maximum atomic E-state index is 12.6. The van der Waals surface area contributed by atoms with Crippen molar-refractivity contribution in [3.63, 3.8) is 0 Å². The van der Waals surface area contributed by atoms with Crippen LogP contribution in [0, 0.1) is 5.92 Å². The van der Waals surface area contributed by atoms with Crippen LogP contribution in [0.5, 0.6) is 0 Å². The minimum absolute atomic E-state index is 0.193. The standard InChI is InChI=1S/C15H24N2O2S/c1-4-15(16-2)13-6-5-7-14(10-13)20(18,19)17(3)11-12-8-9-12/h5-7,10,12,15-16H,4,8-9,11H2,1-3H3. The predicted molar refractivity (Wildman–Crippen MR) is 81.1 cm³/mol. The molecule has 0 bridgehead atoms. The summed E-state index contributed by atoms with van der Waals surface area (Å²) in [4.78, 5) is 0.395. The molecule has 0 amide bonds. The zero-order valence-corrected chi connectivity index (χ0v) is 13.3. The van der Waals surface area contributed by atoms with Crippen molar-refractivity contribution in [2.75, 3.05) is 20.6 Å². The quantitative estimate of drug-likeness (QED) is 0.840. The van der Waals surface area contributed by atoms with Crippen LogP contribution >= 0.6 is 0 Å². The first-order chi connectivity index (χ1) is 9.48. The van der Waals surface area contributed by atoms with Gasteiger partial charge in [-0.2, -0.15) is 0 Å². The van der Waals surface area contributed by atoms with E-state index in [1.807, 2.05) is 19.2 Å². The third kappa shape index (κ3) is 3.40. The lowest BCUT2D eigenvalue weighted by molar-refractivity contribution is 0.452. The lowest BCUT2D eigenvalue weighted by Crippen LogP contribution is -2.29. The molecule has 112 valence electrons. The van der Waals surface area contributed by atoms with E-state index in [0.717, 1.165) is 24.8 Å². The molecule has 1 saturated carbocycles. The van der Waals surface area contributed by atoms with Gasteiger partial charge in [0.1, 0.15) is 0 Å². The van der Waals surface area contributed by atoms with E-state index in [0.29, 0.717) is 17.4 Å². The molecule has 1 aromatic rings. The van der Waals surface area contributed by atoms with Gasteiger partial charge in [0, 0.05) is 19.6 Å². The fraction of sp³-hybridized carbons (Fsp3) is 0.600. The fourth-order valence-electron chi connectivity index (χ4n) is 2.44. The number of hydrogen-bond donors (Lipinski definition) is 1. The van der Waals surface area contributed by atoms with Gasteiger partial charge in [0.15, 0.2) is 0 Å². The summed E-state index contributed by atoms with van der Waals surface area (Å²) >= 11 is 0. The van der Waals surface area contributed by atoms with E-state index in [1.54, 1.807) is 19.2 Å². The highest BCUT2D eigenvalue weighted by Crippen LogP contribution is 2.31. The van der Waals surface area contributed by atoms with Gasteiger partial charge in [-0.05, 0) is 49.9 Å². The summed E-state index contributed by atoms with van der Waals surface area (Å²) in [5, 5.41) is 3.21. The van der Waals surface area contributed by atoms with Crippen LogP contribution in [0.15, 0.2) is 29.2 Å². The first kappa shape index (κ1) is 15.5. The SMILES string of the molecule is CCC(NC)c1cccc(S(=O)(=O)N(C)CC2CC2)c1. The second kappa shape index (κ2) is 6.24. The lowest BCUT2D eigenvalue weighted by Gasteiger charge is -2.19. The van der Waals surface area contributed by atoms with Gasteiger partial charge in [-0.1, -0.05) is 19.1 Å². The Morgan fingerprint density at radius 3 is 2.65 bits per heavy atom. The van der Waals surface area contributed by atoms with Gasteiger partial charge >= 0.3 is 0 Å². The van der Waals surface area contributed by atoms with E-state index < -0.39 is 10.0 Å². The number of hydrogen-bond acceptors (Lipinski definition) is 3. The van der Waals surface area contributed by atoms with Crippen molar-refractivity contribution >= 4 is 10.0 Å². The van der Waals surface area contributed by atoms with Gasteiger partial charge in [-0.3, -0.25) is 0 Å². The largest absolute Gasteiger partial charge is 0.313 e. The molecule has 5 heteroatoms. The van der Waals surface area contributed by atoms with Crippen LogP contribution in [0.1, 0.15) is 37.8 Å². The summed E-state index contributed by atoms with van der Waals surface area (Å²) < 4.78 is 26.6. The van der Waals surface area contributed by atoms with Crippen molar-refractivity contribution < 1.29 is 8.42 Å². The molecular weight excluding hydrogens is 272 g/mol. The molecule has 4 nitrogen and oxygen atoms in total. The summed E-state index contributed by atoms with van der Waals surface area (Å²) in [7, 11) is 0.213. The molecule has 0 radical (unpaired) electrons. The summed E-state index contributed by atoms with van der Waals surface area (Å²) in [5.74, 6) is 0.554. The van der Waals surface area contributed by atoms with Crippen molar-refractivity contribution in [2.24, 2.45) is 5.92 Å². The maximum Gasteiger partial charge on any atom is 0.242 e. The number of sulfonamides is 1. The highest BCUT2D eigenvalue weighted by molar-refractivity contribution is 7.89. The van der Waals surface area contributed by atoms with Gasteiger partial charge in [0.05, 0.1) is 4.90 Å². The second-order valence-corrected chi connectivity index (χ2v) is 7.60. The Labute approximate surface area is 122 Å². The predicted octanol–water partition coefficient (Wildman–Crippen LogP) is 2.39. The molecular formula is C15H24N2O2S. The smallest absolute Gasteiger partial charge is 0.242 e. The third-order valence-corrected chi connectivity index (χ3v) is 5.76. The summed E-state index contributed by atoms with van der Waals surface area (Å²) in [6, 6.07) is 7.48. The van der Waals surface area contributed by atoms with Crippen LogP contribution in [-0.2, 0) is 10.0 Å². The number of nitrogens with zero attached hydrogens (tertiary/aromatic N) is 1. The topological polar surface area (TPSA) is 49.4 Å². The van der Waals surface area contributed by atoms with Crippen molar-refractivity contribution in [2.45, 2.75) is 37.1 Å². The van der Waals surface area contributed by atoms with Gasteiger partial charge in [-0.15, -0.1) is 0 Å². The molecule has 2 rings (SSSR count). The van der Waals surface area contributed by atoms with Crippen molar-refractivity contribution in [1.82, 2.24) is 9.62 Å². The fourth-order valence-corrected chi connectivity index (χ4v) is 3.74. The summed E-state index contributed by atoms with van der Waals surface area (Å²) in [6.45, 7) is 2.72. The zero-order chi connectivity index (χ0) is 14.8. The molecule has 1 unspecified atom stereocenters.